The number of nitrogens with zero attached hydrogens (tertiary/aromatic N) is 3. The van der Waals surface area contributed by atoms with E-state index in [9.17, 15) is 9.59 Å². The summed E-state index contributed by atoms with van der Waals surface area (Å²) in [4.78, 5) is 35.7. The Bertz CT molecular complexity index is 1220. The zero-order chi connectivity index (χ0) is 25.2. The van der Waals surface area contributed by atoms with Crippen molar-refractivity contribution in [3.63, 3.8) is 0 Å². The van der Waals surface area contributed by atoms with Crippen LogP contribution in [0.15, 0.2) is 24.4 Å². The maximum absolute atomic E-state index is 13.2. The van der Waals surface area contributed by atoms with Crippen molar-refractivity contribution in [1.29, 1.82) is 0 Å². The standard InChI is InChI=1S/C26H36N8O2/c1-34(18-7-8-18)23(35)11-10-20(31-26(36)16-4-2-15(13-27)3-5-16)25-29-14-22(30-25)17-6-9-19-21(12-17)32-33-24(19)28/h6,9,12,14-16,18,20H,2-5,7-8,10-11,13,27H2,1H3,(H,29,30)(H,31,36)(H3,28,32,33). The van der Waals surface area contributed by atoms with Gasteiger partial charge in [0, 0.05) is 36.4 Å². The third-order valence-electron chi connectivity index (χ3n) is 7.83. The molecule has 0 radical (unpaired) electrons. The van der Waals surface area contributed by atoms with E-state index in [1.54, 1.807) is 6.20 Å². The molecular formula is C26H36N8O2. The fraction of sp³-hybridized carbons (Fsp3) is 0.538. The zero-order valence-electron chi connectivity index (χ0n) is 20.8. The molecule has 2 aliphatic carbocycles. The largest absolute Gasteiger partial charge is 0.382 e. The van der Waals surface area contributed by atoms with Crippen molar-refractivity contribution < 1.29 is 9.59 Å². The minimum absolute atomic E-state index is 0.0252. The number of anilines is 1. The van der Waals surface area contributed by atoms with Crippen molar-refractivity contribution in [2.45, 2.75) is 63.5 Å². The van der Waals surface area contributed by atoms with Gasteiger partial charge in [0.05, 0.1) is 23.4 Å². The first kappa shape index (κ1) is 24.3. The molecular weight excluding hydrogens is 456 g/mol. The monoisotopic (exact) mass is 492 g/mol. The van der Waals surface area contributed by atoms with Crippen molar-refractivity contribution in [2.75, 3.05) is 19.3 Å². The highest BCUT2D eigenvalue weighted by atomic mass is 16.2. The maximum atomic E-state index is 13.2. The molecule has 1 aromatic carbocycles. The van der Waals surface area contributed by atoms with Crippen LogP contribution in [0, 0.1) is 11.8 Å². The lowest BCUT2D eigenvalue weighted by atomic mass is 9.81. The van der Waals surface area contributed by atoms with Gasteiger partial charge in [0.25, 0.3) is 0 Å². The smallest absolute Gasteiger partial charge is 0.223 e. The SMILES string of the molecule is CN(C(=O)CCC(NC(=O)C1CCC(CN)CC1)c1ncc(-c2ccc3c(N)n[nH]c3c2)[nH]1)C1CC1. The third kappa shape index (κ3) is 5.23. The van der Waals surface area contributed by atoms with Gasteiger partial charge in [0.15, 0.2) is 5.82 Å². The van der Waals surface area contributed by atoms with Crippen molar-refractivity contribution >= 4 is 28.5 Å². The topological polar surface area (TPSA) is 159 Å². The fourth-order valence-electron chi connectivity index (χ4n) is 5.21. The van der Waals surface area contributed by atoms with Crippen LogP contribution in [-0.2, 0) is 9.59 Å². The minimum Gasteiger partial charge on any atom is -0.382 e. The summed E-state index contributed by atoms with van der Waals surface area (Å²) in [5.74, 6) is 1.74. The van der Waals surface area contributed by atoms with Gasteiger partial charge in [-0.2, -0.15) is 5.10 Å². The van der Waals surface area contributed by atoms with Crippen LogP contribution in [0.1, 0.15) is 63.2 Å². The van der Waals surface area contributed by atoms with Gasteiger partial charge in [-0.1, -0.05) is 6.07 Å². The second-order valence-electron chi connectivity index (χ2n) is 10.3. The molecule has 3 aromatic rings. The van der Waals surface area contributed by atoms with Gasteiger partial charge in [0.1, 0.15) is 5.82 Å². The van der Waals surface area contributed by atoms with Crippen LogP contribution in [0.25, 0.3) is 22.2 Å². The Balaban J connectivity index is 1.32. The van der Waals surface area contributed by atoms with E-state index in [0.29, 0.717) is 43.0 Å². The number of carbonyl (C=O) groups excluding carboxylic acids is 2. The number of hydrogen-bond acceptors (Lipinski definition) is 6. The van der Waals surface area contributed by atoms with Crippen LogP contribution < -0.4 is 16.8 Å². The molecule has 1 unspecified atom stereocenters. The predicted molar refractivity (Wildman–Crippen MR) is 138 cm³/mol. The Morgan fingerprint density at radius 3 is 2.69 bits per heavy atom. The highest BCUT2D eigenvalue weighted by molar-refractivity contribution is 5.91. The van der Waals surface area contributed by atoms with E-state index >= 15 is 0 Å². The Hall–Kier alpha value is -3.40. The second-order valence-corrected chi connectivity index (χ2v) is 10.3. The van der Waals surface area contributed by atoms with E-state index in [0.717, 1.165) is 60.7 Å². The van der Waals surface area contributed by atoms with Gasteiger partial charge in [0.2, 0.25) is 11.8 Å². The summed E-state index contributed by atoms with van der Waals surface area (Å²) in [6, 6.07) is 5.84. The van der Waals surface area contributed by atoms with Gasteiger partial charge in [-0.05, 0) is 69.5 Å². The van der Waals surface area contributed by atoms with Crippen LogP contribution in [0.3, 0.4) is 0 Å². The van der Waals surface area contributed by atoms with Gasteiger partial charge in [-0.25, -0.2) is 4.98 Å². The van der Waals surface area contributed by atoms with E-state index < -0.39 is 0 Å². The molecule has 2 heterocycles. The summed E-state index contributed by atoms with van der Waals surface area (Å²) in [6.45, 7) is 0.680. The molecule has 0 saturated heterocycles. The van der Waals surface area contributed by atoms with Gasteiger partial charge in [-0.15, -0.1) is 0 Å². The Morgan fingerprint density at radius 2 is 1.97 bits per heavy atom. The molecule has 2 fully saturated rings. The Kier molecular flexibility index (Phi) is 6.95. The average molecular weight is 493 g/mol. The van der Waals surface area contributed by atoms with Crippen LogP contribution in [0.2, 0.25) is 0 Å². The number of hydrogen-bond donors (Lipinski definition) is 5. The molecule has 2 saturated carbocycles. The fourth-order valence-corrected chi connectivity index (χ4v) is 5.21. The normalized spacial score (nSPS) is 20.8. The number of amides is 2. The number of benzene rings is 1. The summed E-state index contributed by atoms with van der Waals surface area (Å²) < 4.78 is 0. The van der Waals surface area contributed by atoms with E-state index in [-0.39, 0.29) is 23.8 Å². The summed E-state index contributed by atoms with van der Waals surface area (Å²) in [5.41, 5.74) is 14.3. The highest BCUT2D eigenvalue weighted by Crippen LogP contribution is 2.31. The molecule has 2 aliphatic rings. The average Bonchev–Trinajstić information content (AvgIpc) is 3.52. The van der Waals surface area contributed by atoms with Gasteiger partial charge < -0.3 is 26.7 Å². The van der Waals surface area contributed by atoms with Crippen molar-refractivity contribution in [3.05, 3.63) is 30.2 Å². The number of aromatic amines is 2. The molecule has 2 amide bonds. The first-order chi connectivity index (χ1) is 17.4. The number of rotatable bonds is 9. The van der Waals surface area contributed by atoms with Crippen molar-refractivity contribution in [3.8, 4) is 11.3 Å². The van der Waals surface area contributed by atoms with Crippen molar-refractivity contribution in [1.82, 2.24) is 30.4 Å². The van der Waals surface area contributed by atoms with Crippen LogP contribution in [0.4, 0.5) is 5.82 Å². The molecule has 7 N–H and O–H groups in total. The van der Waals surface area contributed by atoms with E-state index in [1.807, 2.05) is 30.1 Å². The number of carbonyl (C=O) groups is 2. The third-order valence-corrected chi connectivity index (χ3v) is 7.83. The van der Waals surface area contributed by atoms with E-state index in [2.05, 4.69) is 25.5 Å². The first-order valence-electron chi connectivity index (χ1n) is 13.0. The molecule has 10 nitrogen and oxygen atoms in total. The summed E-state index contributed by atoms with van der Waals surface area (Å²) in [5, 5.41) is 11.1. The summed E-state index contributed by atoms with van der Waals surface area (Å²) in [7, 11) is 1.87. The lowest BCUT2D eigenvalue weighted by molar-refractivity contribution is -0.131. The number of H-pyrrole nitrogens is 2. The number of nitrogen functional groups attached to an aromatic ring is 1. The number of nitrogens with two attached hydrogens (primary N) is 2. The Labute approximate surface area is 210 Å². The molecule has 192 valence electrons. The first-order valence-corrected chi connectivity index (χ1v) is 13.0. The van der Waals surface area contributed by atoms with Gasteiger partial charge >= 0.3 is 0 Å². The van der Waals surface area contributed by atoms with Crippen LogP contribution >= 0.6 is 0 Å². The second kappa shape index (κ2) is 10.3. The maximum Gasteiger partial charge on any atom is 0.223 e. The summed E-state index contributed by atoms with van der Waals surface area (Å²) >= 11 is 0. The van der Waals surface area contributed by atoms with E-state index in [1.165, 1.54) is 0 Å². The zero-order valence-corrected chi connectivity index (χ0v) is 20.8. The summed E-state index contributed by atoms with van der Waals surface area (Å²) in [6.07, 6.45) is 8.41. The van der Waals surface area contributed by atoms with Crippen LogP contribution in [0.5, 0.6) is 0 Å². The molecule has 36 heavy (non-hydrogen) atoms. The lowest BCUT2D eigenvalue weighted by Crippen LogP contribution is -2.37. The molecule has 5 rings (SSSR count). The molecule has 0 spiro atoms. The van der Waals surface area contributed by atoms with Crippen LogP contribution in [-0.4, -0.2) is 56.5 Å². The quantitative estimate of drug-likeness (QED) is 0.309. The molecule has 10 heteroatoms. The number of aromatic nitrogens is 4. The Morgan fingerprint density at radius 1 is 1.19 bits per heavy atom. The molecule has 0 aliphatic heterocycles. The molecule has 2 aromatic heterocycles. The number of imidazole rings is 1. The number of nitrogens with one attached hydrogen (secondary N) is 3. The lowest BCUT2D eigenvalue weighted by Gasteiger charge is -2.28. The van der Waals surface area contributed by atoms with Gasteiger partial charge in [-0.3, -0.25) is 14.7 Å². The van der Waals surface area contributed by atoms with Crippen molar-refractivity contribution in [2.24, 2.45) is 17.6 Å². The molecule has 0 bridgehead atoms. The highest BCUT2D eigenvalue weighted by Gasteiger charge is 2.31. The predicted octanol–water partition coefficient (Wildman–Crippen LogP) is 2.86. The molecule has 1 atom stereocenters. The van der Waals surface area contributed by atoms with E-state index in [4.69, 9.17) is 11.5 Å². The number of fused-ring (bicyclic) bond motifs is 1. The minimum atomic E-state index is -0.374.